The predicted octanol–water partition coefficient (Wildman–Crippen LogP) is 0.756. The summed E-state index contributed by atoms with van der Waals surface area (Å²) in [6.07, 6.45) is -0.221. The van der Waals surface area contributed by atoms with Crippen molar-refractivity contribution in [3.05, 3.63) is 0 Å². The van der Waals surface area contributed by atoms with E-state index in [9.17, 15) is 4.79 Å². The largest absolute Gasteiger partial charge is 0.465 e. The van der Waals surface area contributed by atoms with Gasteiger partial charge in [-0.15, -0.1) is 0 Å². The van der Waals surface area contributed by atoms with E-state index in [0.29, 0.717) is 37.3 Å². The smallest absolute Gasteiger partial charge is 0.407 e. The normalized spacial score (nSPS) is 37.2. The minimum Gasteiger partial charge on any atom is -0.465 e. The summed E-state index contributed by atoms with van der Waals surface area (Å²) in [6.45, 7) is 1.29. The number of nitrogens with zero attached hydrogens (tertiary/aromatic N) is 2. The molecule has 0 aromatic heterocycles. The number of piperidine rings is 1. The fourth-order valence-electron chi connectivity index (χ4n) is 2.21. The van der Waals surface area contributed by atoms with Gasteiger partial charge < -0.3 is 10.0 Å². The van der Waals surface area contributed by atoms with Crippen LogP contribution in [-0.4, -0.2) is 29.2 Å². The summed E-state index contributed by atoms with van der Waals surface area (Å²) in [5, 5.41) is 17.1. The minimum atomic E-state index is -0.821. The molecule has 0 bridgehead atoms. The van der Waals surface area contributed by atoms with E-state index in [1.807, 2.05) is 0 Å². The van der Waals surface area contributed by atoms with Crippen molar-refractivity contribution in [2.45, 2.75) is 6.42 Å². The van der Waals surface area contributed by atoms with Crippen LogP contribution in [0.5, 0.6) is 0 Å². The van der Waals surface area contributed by atoms with Crippen LogP contribution in [0.3, 0.4) is 0 Å². The third kappa shape index (κ3) is 0.934. The van der Waals surface area contributed by atoms with Crippen LogP contribution < -0.4 is 0 Å². The Morgan fingerprint density at radius 1 is 1.58 bits per heavy atom. The van der Waals surface area contributed by atoms with Crippen LogP contribution in [0.15, 0.2) is 0 Å². The van der Waals surface area contributed by atoms with Gasteiger partial charge >= 0.3 is 6.09 Å². The number of nitriles is 1. The lowest BCUT2D eigenvalue weighted by Gasteiger charge is -2.14. The summed E-state index contributed by atoms with van der Waals surface area (Å²) in [7, 11) is 0. The third-order valence-corrected chi connectivity index (χ3v) is 2.97. The summed E-state index contributed by atoms with van der Waals surface area (Å²) in [5.41, 5.74) is 0. The summed E-state index contributed by atoms with van der Waals surface area (Å²) in [4.78, 5) is 11.9. The van der Waals surface area contributed by atoms with E-state index in [-0.39, 0.29) is 0 Å². The van der Waals surface area contributed by atoms with E-state index in [4.69, 9.17) is 10.4 Å². The van der Waals surface area contributed by atoms with Crippen LogP contribution in [-0.2, 0) is 0 Å². The van der Waals surface area contributed by atoms with Crippen molar-refractivity contribution in [3.63, 3.8) is 0 Å². The van der Waals surface area contributed by atoms with E-state index in [1.165, 1.54) is 4.90 Å². The fourth-order valence-corrected chi connectivity index (χ4v) is 2.21. The Bertz CT molecular complexity index is 246. The Balaban J connectivity index is 1.87. The molecule has 1 heterocycles. The number of hydrogen-bond acceptors (Lipinski definition) is 2. The van der Waals surface area contributed by atoms with Crippen LogP contribution in [0.2, 0.25) is 0 Å². The maximum Gasteiger partial charge on any atom is 0.407 e. The van der Waals surface area contributed by atoms with Crippen molar-refractivity contribution in [3.8, 4) is 6.07 Å². The third-order valence-electron chi connectivity index (χ3n) is 2.97. The van der Waals surface area contributed by atoms with Gasteiger partial charge in [0, 0.05) is 19.5 Å². The van der Waals surface area contributed by atoms with Gasteiger partial charge in [0.1, 0.15) is 0 Å². The maximum atomic E-state index is 10.5. The SMILES string of the molecule is N#CC[C@H]1[C@H]2CN(C(=O)O)C[C@@H]12. The zero-order chi connectivity index (χ0) is 8.72. The van der Waals surface area contributed by atoms with Crippen LogP contribution in [0.1, 0.15) is 6.42 Å². The number of likely N-dealkylation sites (tertiary alicyclic amines) is 1. The number of rotatable bonds is 1. The standard InChI is InChI=1S/C8H10N2O2/c9-2-1-5-6-3-10(8(11)12)4-7(5)6/h5-7H,1,3-4H2,(H,11,12)/t5-,6+,7-. The van der Waals surface area contributed by atoms with Gasteiger partial charge in [0.2, 0.25) is 0 Å². The highest BCUT2D eigenvalue weighted by Crippen LogP contribution is 2.53. The second kappa shape index (κ2) is 2.37. The van der Waals surface area contributed by atoms with E-state index < -0.39 is 6.09 Å². The van der Waals surface area contributed by atoms with Gasteiger partial charge in [-0.3, -0.25) is 0 Å². The van der Waals surface area contributed by atoms with Gasteiger partial charge in [-0.2, -0.15) is 5.26 Å². The number of amides is 1. The number of carboxylic acid groups (broad SMARTS) is 1. The molecule has 1 aliphatic heterocycles. The Labute approximate surface area is 70.4 Å². The van der Waals surface area contributed by atoms with Crippen LogP contribution in [0, 0.1) is 29.1 Å². The summed E-state index contributed by atoms with van der Waals surface area (Å²) < 4.78 is 0. The van der Waals surface area contributed by atoms with Crippen molar-refractivity contribution in [2.75, 3.05) is 13.1 Å². The quantitative estimate of drug-likeness (QED) is 0.625. The topological polar surface area (TPSA) is 64.3 Å². The molecule has 0 unspecified atom stereocenters. The summed E-state index contributed by atoms with van der Waals surface area (Å²) >= 11 is 0. The van der Waals surface area contributed by atoms with Gasteiger partial charge in [0.15, 0.2) is 0 Å². The zero-order valence-electron chi connectivity index (χ0n) is 6.60. The molecule has 2 aliphatic rings. The Morgan fingerprint density at radius 2 is 2.17 bits per heavy atom. The molecule has 2 rings (SSSR count). The Kier molecular flexibility index (Phi) is 1.47. The molecule has 4 heteroatoms. The van der Waals surface area contributed by atoms with Crippen molar-refractivity contribution < 1.29 is 9.90 Å². The first kappa shape index (κ1) is 7.41. The van der Waals surface area contributed by atoms with Crippen LogP contribution in [0.4, 0.5) is 4.79 Å². The van der Waals surface area contributed by atoms with Gasteiger partial charge in [-0.1, -0.05) is 0 Å². The van der Waals surface area contributed by atoms with E-state index in [2.05, 4.69) is 6.07 Å². The van der Waals surface area contributed by atoms with Crippen molar-refractivity contribution in [1.82, 2.24) is 4.90 Å². The first-order chi connectivity index (χ1) is 5.74. The highest BCUT2D eigenvalue weighted by molar-refractivity contribution is 5.65. The second-order valence-corrected chi connectivity index (χ2v) is 3.54. The number of fused-ring (bicyclic) bond motifs is 1. The van der Waals surface area contributed by atoms with E-state index >= 15 is 0 Å². The summed E-state index contributed by atoms with van der Waals surface area (Å²) in [6, 6.07) is 2.14. The molecule has 1 saturated carbocycles. The van der Waals surface area contributed by atoms with Gasteiger partial charge in [-0.05, 0) is 17.8 Å². The molecule has 1 aliphatic carbocycles. The molecule has 0 aromatic carbocycles. The molecule has 0 radical (unpaired) electrons. The number of carbonyl (C=O) groups is 1. The zero-order valence-corrected chi connectivity index (χ0v) is 6.60. The molecule has 64 valence electrons. The molecule has 0 aromatic rings. The molecule has 1 N–H and O–H groups in total. The highest BCUT2D eigenvalue weighted by Gasteiger charge is 2.56. The molecule has 2 fully saturated rings. The molecule has 1 amide bonds. The van der Waals surface area contributed by atoms with Gasteiger partial charge in [-0.25, -0.2) is 4.79 Å². The lowest BCUT2D eigenvalue weighted by atomic mass is 10.2. The lowest BCUT2D eigenvalue weighted by Crippen LogP contribution is -2.29. The Morgan fingerprint density at radius 3 is 2.58 bits per heavy atom. The van der Waals surface area contributed by atoms with Crippen molar-refractivity contribution in [1.29, 1.82) is 5.26 Å². The first-order valence-electron chi connectivity index (χ1n) is 4.09. The average Bonchev–Trinajstić information content (AvgIpc) is 2.51. The molecular weight excluding hydrogens is 156 g/mol. The van der Waals surface area contributed by atoms with E-state index in [0.717, 1.165) is 0 Å². The lowest BCUT2D eigenvalue weighted by molar-refractivity contribution is 0.148. The van der Waals surface area contributed by atoms with Gasteiger partial charge in [0.05, 0.1) is 6.07 Å². The molecule has 12 heavy (non-hydrogen) atoms. The highest BCUT2D eigenvalue weighted by atomic mass is 16.4. The molecule has 3 atom stereocenters. The van der Waals surface area contributed by atoms with Crippen LogP contribution in [0.25, 0.3) is 0 Å². The van der Waals surface area contributed by atoms with Gasteiger partial charge in [0.25, 0.3) is 0 Å². The number of hydrogen-bond donors (Lipinski definition) is 1. The molecule has 1 saturated heterocycles. The summed E-state index contributed by atoms with van der Waals surface area (Å²) in [5.74, 6) is 1.46. The second-order valence-electron chi connectivity index (χ2n) is 3.54. The molecular formula is C8H10N2O2. The monoisotopic (exact) mass is 166 g/mol. The van der Waals surface area contributed by atoms with Crippen molar-refractivity contribution in [2.24, 2.45) is 17.8 Å². The molecule has 0 spiro atoms. The Hall–Kier alpha value is -1.24. The minimum absolute atomic E-state index is 0.487. The fraction of sp³-hybridized carbons (Fsp3) is 0.750. The van der Waals surface area contributed by atoms with Crippen LogP contribution >= 0.6 is 0 Å². The predicted molar refractivity (Wildman–Crippen MR) is 40.3 cm³/mol. The maximum absolute atomic E-state index is 10.5. The average molecular weight is 166 g/mol. The van der Waals surface area contributed by atoms with E-state index in [1.54, 1.807) is 0 Å². The van der Waals surface area contributed by atoms with Crippen molar-refractivity contribution >= 4 is 6.09 Å². The molecule has 4 nitrogen and oxygen atoms in total. The first-order valence-corrected chi connectivity index (χ1v) is 4.09.